The van der Waals surface area contributed by atoms with Crippen molar-refractivity contribution in [3.63, 3.8) is 0 Å². The molecule has 2 nitrogen and oxygen atoms in total. The van der Waals surface area contributed by atoms with Crippen molar-refractivity contribution in [2.75, 3.05) is 0 Å². The largest absolute Gasteiger partial charge is 0.250 e. The molecule has 0 aliphatic carbocycles. The molecule has 0 bridgehead atoms. The Kier molecular flexibility index (Phi) is 3.62. The highest BCUT2D eigenvalue weighted by molar-refractivity contribution is 5.37. The van der Waals surface area contributed by atoms with Crippen molar-refractivity contribution >= 4 is 0 Å². The van der Waals surface area contributed by atoms with Gasteiger partial charge >= 0.3 is 0 Å². The SMILES string of the molecule is Cc1cc(C)c(CCC[n+]2cc[nH]c2)c(C)c1. The average Bonchev–Trinajstić information content (AvgIpc) is 2.74. The third kappa shape index (κ3) is 2.96. The molecule has 90 valence electrons. The summed E-state index contributed by atoms with van der Waals surface area (Å²) in [6.07, 6.45) is 8.40. The molecule has 0 aliphatic heterocycles. The van der Waals surface area contributed by atoms with Crippen molar-refractivity contribution in [2.24, 2.45) is 0 Å². The van der Waals surface area contributed by atoms with Crippen LogP contribution in [-0.4, -0.2) is 4.98 Å². The molecule has 0 spiro atoms. The van der Waals surface area contributed by atoms with E-state index in [2.05, 4.69) is 48.7 Å². The van der Waals surface area contributed by atoms with E-state index in [0.717, 1.165) is 13.0 Å². The molecule has 0 aliphatic rings. The average molecular weight is 229 g/mol. The highest BCUT2D eigenvalue weighted by Gasteiger charge is 2.04. The Morgan fingerprint density at radius 3 is 2.41 bits per heavy atom. The van der Waals surface area contributed by atoms with E-state index in [9.17, 15) is 0 Å². The maximum atomic E-state index is 3.07. The molecule has 1 aromatic carbocycles. The number of hydrogen-bond acceptors (Lipinski definition) is 0. The first-order chi connectivity index (χ1) is 8.16. The quantitative estimate of drug-likeness (QED) is 0.778. The van der Waals surface area contributed by atoms with Crippen LogP contribution in [0, 0.1) is 20.8 Å². The smallest absolute Gasteiger partial charge is 0.241 e. The van der Waals surface area contributed by atoms with E-state index in [4.69, 9.17) is 0 Å². The molecule has 2 aromatic rings. The van der Waals surface area contributed by atoms with Crippen molar-refractivity contribution in [1.29, 1.82) is 0 Å². The van der Waals surface area contributed by atoms with Gasteiger partial charge < -0.3 is 0 Å². The zero-order valence-corrected chi connectivity index (χ0v) is 11.0. The van der Waals surface area contributed by atoms with E-state index < -0.39 is 0 Å². The second-order valence-electron chi connectivity index (χ2n) is 4.83. The van der Waals surface area contributed by atoms with Crippen molar-refractivity contribution in [1.82, 2.24) is 4.98 Å². The van der Waals surface area contributed by atoms with Crippen LogP contribution in [0.1, 0.15) is 28.7 Å². The third-order valence-corrected chi connectivity index (χ3v) is 3.29. The summed E-state index contributed by atoms with van der Waals surface area (Å²) in [5.74, 6) is 0. The maximum absolute atomic E-state index is 3.07. The van der Waals surface area contributed by atoms with Crippen molar-refractivity contribution in [2.45, 2.75) is 40.2 Å². The molecule has 2 heteroatoms. The molecule has 1 aromatic heterocycles. The maximum Gasteiger partial charge on any atom is 0.241 e. The molecule has 17 heavy (non-hydrogen) atoms. The Morgan fingerprint density at radius 1 is 1.12 bits per heavy atom. The molecule has 0 unspecified atom stereocenters. The lowest BCUT2D eigenvalue weighted by molar-refractivity contribution is -0.696. The number of aromatic amines is 1. The number of imidazole rings is 1. The Bertz CT molecular complexity index is 461. The van der Waals surface area contributed by atoms with Gasteiger partial charge in [0.15, 0.2) is 0 Å². The molecule has 0 fully saturated rings. The monoisotopic (exact) mass is 229 g/mol. The minimum atomic E-state index is 1.08. The molecular weight excluding hydrogens is 208 g/mol. The summed E-state index contributed by atoms with van der Waals surface area (Å²) >= 11 is 0. The standard InChI is InChI=1S/C15H20N2/c1-12-9-13(2)15(14(3)10-12)5-4-7-17-8-6-16-11-17/h6,8-11H,4-5,7H2,1-3H3/p+1. The molecular formula is C15H21N2+. The lowest BCUT2D eigenvalue weighted by atomic mass is 9.96. The molecule has 1 N–H and O–H groups in total. The summed E-state index contributed by atoms with van der Waals surface area (Å²) in [5, 5.41) is 0. The van der Waals surface area contributed by atoms with Gasteiger partial charge in [-0.3, -0.25) is 4.98 Å². The number of hydrogen-bond donors (Lipinski definition) is 1. The van der Waals surface area contributed by atoms with Gasteiger partial charge in [0.25, 0.3) is 0 Å². The van der Waals surface area contributed by atoms with E-state index in [1.807, 2.05) is 12.5 Å². The van der Waals surface area contributed by atoms with Gasteiger partial charge in [-0.05, 0) is 50.3 Å². The van der Waals surface area contributed by atoms with E-state index in [-0.39, 0.29) is 0 Å². The zero-order chi connectivity index (χ0) is 12.3. The predicted octanol–water partition coefficient (Wildman–Crippen LogP) is 2.86. The van der Waals surface area contributed by atoms with Crippen molar-refractivity contribution < 1.29 is 4.57 Å². The summed E-state index contributed by atoms with van der Waals surface area (Å²) in [6, 6.07) is 4.57. The summed E-state index contributed by atoms with van der Waals surface area (Å²) in [5.41, 5.74) is 5.75. The molecule has 0 atom stereocenters. The van der Waals surface area contributed by atoms with Gasteiger partial charge in [0.2, 0.25) is 6.33 Å². The van der Waals surface area contributed by atoms with Gasteiger partial charge in [-0.1, -0.05) is 17.7 Å². The zero-order valence-electron chi connectivity index (χ0n) is 11.0. The fourth-order valence-corrected chi connectivity index (χ4v) is 2.50. The molecule has 0 radical (unpaired) electrons. The van der Waals surface area contributed by atoms with Gasteiger partial charge in [0.05, 0.1) is 6.54 Å². The number of H-pyrrole nitrogens is 1. The predicted molar refractivity (Wildman–Crippen MR) is 70.0 cm³/mol. The Morgan fingerprint density at radius 2 is 1.82 bits per heavy atom. The second kappa shape index (κ2) is 5.17. The highest BCUT2D eigenvalue weighted by atomic mass is 15.0. The van der Waals surface area contributed by atoms with E-state index >= 15 is 0 Å². The molecule has 0 saturated heterocycles. The fraction of sp³-hybridized carbons (Fsp3) is 0.400. The van der Waals surface area contributed by atoms with Crippen LogP contribution < -0.4 is 4.57 Å². The van der Waals surface area contributed by atoms with Crippen LogP contribution in [0.25, 0.3) is 0 Å². The summed E-state index contributed by atoms with van der Waals surface area (Å²) in [6.45, 7) is 7.69. The lowest BCUT2D eigenvalue weighted by Gasteiger charge is -2.10. The van der Waals surface area contributed by atoms with Gasteiger partial charge in [-0.15, -0.1) is 0 Å². The van der Waals surface area contributed by atoms with Crippen LogP contribution in [0.4, 0.5) is 0 Å². The minimum Gasteiger partial charge on any atom is -0.250 e. The highest BCUT2D eigenvalue weighted by Crippen LogP contribution is 2.17. The summed E-state index contributed by atoms with van der Waals surface area (Å²) < 4.78 is 2.19. The van der Waals surface area contributed by atoms with Gasteiger partial charge in [-0.25, -0.2) is 4.57 Å². The van der Waals surface area contributed by atoms with Crippen molar-refractivity contribution in [3.05, 3.63) is 53.1 Å². The minimum absolute atomic E-state index is 1.08. The van der Waals surface area contributed by atoms with Crippen LogP contribution in [0.2, 0.25) is 0 Å². The lowest BCUT2D eigenvalue weighted by Crippen LogP contribution is -2.30. The topological polar surface area (TPSA) is 19.7 Å². The Balaban J connectivity index is 1.99. The first kappa shape index (κ1) is 11.9. The number of nitrogens with one attached hydrogen (secondary N) is 1. The number of rotatable bonds is 4. The fourth-order valence-electron chi connectivity index (χ4n) is 2.50. The van der Waals surface area contributed by atoms with Gasteiger partial charge in [-0.2, -0.15) is 0 Å². The van der Waals surface area contributed by atoms with E-state index in [0.29, 0.717) is 0 Å². The van der Waals surface area contributed by atoms with Gasteiger partial charge in [0.1, 0.15) is 12.4 Å². The first-order valence-corrected chi connectivity index (χ1v) is 6.25. The Hall–Kier alpha value is -1.57. The van der Waals surface area contributed by atoms with E-state index in [1.54, 1.807) is 0 Å². The number of benzene rings is 1. The van der Waals surface area contributed by atoms with Gasteiger partial charge in [0, 0.05) is 0 Å². The van der Waals surface area contributed by atoms with Crippen molar-refractivity contribution in [3.8, 4) is 0 Å². The number of aromatic nitrogens is 2. The first-order valence-electron chi connectivity index (χ1n) is 6.25. The molecule has 0 amide bonds. The van der Waals surface area contributed by atoms with Crippen LogP contribution in [0.5, 0.6) is 0 Å². The molecule has 1 heterocycles. The Labute approximate surface area is 103 Å². The summed E-state index contributed by atoms with van der Waals surface area (Å²) in [7, 11) is 0. The van der Waals surface area contributed by atoms with Crippen LogP contribution in [0.3, 0.4) is 0 Å². The molecule has 0 saturated carbocycles. The van der Waals surface area contributed by atoms with Crippen LogP contribution in [0.15, 0.2) is 30.9 Å². The number of aryl methyl sites for hydroxylation is 4. The van der Waals surface area contributed by atoms with Crippen LogP contribution >= 0.6 is 0 Å². The van der Waals surface area contributed by atoms with Crippen LogP contribution in [-0.2, 0) is 13.0 Å². The summed E-state index contributed by atoms with van der Waals surface area (Å²) in [4.78, 5) is 3.07. The van der Waals surface area contributed by atoms with E-state index in [1.165, 1.54) is 28.7 Å². The number of nitrogens with zero attached hydrogens (tertiary/aromatic N) is 1. The molecule has 2 rings (SSSR count). The normalized spacial score (nSPS) is 10.8. The second-order valence-corrected chi connectivity index (χ2v) is 4.83. The third-order valence-electron chi connectivity index (χ3n) is 3.29.